The topological polar surface area (TPSA) is 74.5 Å². The zero-order chi connectivity index (χ0) is 14.1. The maximum Gasteiger partial charge on any atom is 0.255 e. The van der Waals surface area contributed by atoms with Gasteiger partial charge in [0.1, 0.15) is 11.3 Å². The second-order valence-electron chi connectivity index (χ2n) is 5.22. The molecule has 1 aromatic heterocycles. The van der Waals surface area contributed by atoms with Crippen molar-refractivity contribution in [1.82, 2.24) is 10.6 Å². The van der Waals surface area contributed by atoms with E-state index in [1.54, 1.807) is 6.07 Å². The molecule has 5 heteroatoms. The van der Waals surface area contributed by atoms with Gasteiger partial charge in [-0.25, -0.2) is 0 Å². The van der Waals surface area contributed by atoms with Crippen LogP contribution in [0.1, 0.15) is 22.5 Å². The molecule has 0 unspecified atom stereocenters. The fourth-order valence-corrected chi connectivity index (χ4v) is 2.61. The Hall–Kier alpha value is -1.85. The normalized spacial score (nSPS) is 22.9. The Morgan fingerprint density at radius 3 is 3.15 bits per heavy atom. The summed E-state index contributed by atoms with van der Waals surface area (Å²) >= 11 is 0. The Kier molecular flexibility index (Phi) is 3.46. The average Bonchev–Trinajstić information content (AvgIpc) is 2.81. The number of amides is 1. The third kappa shape index (κ3) is 2.42. The van der Waals surface area contributed by atoms with E-state index in [4.69, 9.17) is 4.42 Å². The summed E-state index contributed by atoms with van der Waals surface area (Å²) < 4.78 is 5.60. The Morgan fingerprint density at radius 1 is 1.50 bits per heavy atom. The van der Waals surface area contributed by atoms with Crippen molar-refractivity contribution in [2.75, 3.05) is 13.1 Å². The number of para-hydroxylation sites is 1. The Labute approximate surface area is 117 Å². The van der Waals surface area contributed by atoms with E-state index < -0.39 is 6.10 Å². The molecule has 0 radical (unpaired) electrons. The highest BCUT2D eigenvalue weighted by molar-refractivity contribution is 6.05. The Bertz CT molecular complexity index is 635. The summed E-state index contributed by atoms with van der Waals surface area (Å²) in [5, 5.41) is 16.9. The van der Waals surface area contributed by atoms with Crippen LogP contribution in [0.2, 0.25) is 0 Å². The molecule has 2 atom stereocenters. The molecule has 2 aromatic rings. The van der Waals surface area contributed by atoms with Crippen molar-refractivity contribution in [1.29, 1.82) is 0 Å². The molecule has 3 rings (SSSR count). The summed E-state index contributed by atoms with van der Waals surface area (Å²) in [4.78, 5) is 12.4. The number of aliphatic hydroxyl groups is 1. The van der Waals surface area contributed by atoms with Crippen LogP contribution in [-0.4, -0.2) is 36.2 Å². The van der Waals surface area contributed by atoms with Gasteiger partial charge >= 0.3 is 0 Å². The lowest BCUT2D eigenvalue weighted by Gasteiger charge is -2.29. The molecule has 1 fully saturated rings. The van der Waals surface area contributed by atoms with Crippen molar-refractivity contribution in [3.63, 3.8) is 0 Å². The van der Waals surface area contributed by atoms with Gasteiger partial charge in [-0.2, -0.15) is 0 Å². The molecule has 5 nitrogen and oxygen atoms in total. The highest BCUT2D eigenvalue weighted by atomic mass is 16.3. The standard InChI is InChI=1S/C15H18N2O3/c1-9-7-10-3-2-4-11(14(10)20-9)15(19)17-12-8-16-6-5-13(12)18/h2-4,7,12-13,16,18H,5-6,8H2,1H3,(H,17,19)/t12-,13+/m0/s1. The smallest absolute Gasteiger partial charge is 0.255 e. The van der Waals surface area contributed by atoms with Gasteiger partial charge < -0.3 is 20.2 Å². The maximum atomic E-state index is 12.4. The Balaban J connectivity index is 1.85. The van der Waals surface area contributed by atoms with Gasteiger partial charge in [-0.05, 0) is 32.0 Å². The first-order chi connectivity index (χ1) is 9.65. The van der Waals surface area contributed by atoms with Crippen molar-refractivity contribution >= 4 is 16.9 Å². The molecule has 20 heavy (non-hydrogen) atoms. The first kappa shape index (κ1) is 13.1. The highest BCUT2D eigenvalue weighted by Crippen LogP contribution is 2.22. The molecular formula is C15H18N2O3. The minimum absolute atomic E-state index is 0.210. The summed E-state index contributed by atoms with van der Waals surface area (Å²) in [6.07, 6.45) is 0.146. The third-order valence-electron chi connectivity index (χ3n) is 3.67. The predicted molar refractivity (Wildman–Crippen MR) is 75.7 cm³/mol. The molecule has 3 N–H and O–H groups in total. The van der Waals surface area contributed by atoms with Gasteiger partial charge in [0.05, 0.1) is 17.7 Å². The number of hydrogen-bond donors (Lipinski definition) is 3. The van der Waals surface area contributed by atoms with Crippen molar-refractivity contribution in [3.8, 4) is 0 Å². The number of nitrogens with one attached hydrogen (secondary N) is 2. The molecule has 1 aliphatic rings. The molecule has 0 bridgehead atoms. The zero-order valence-electron chi connectivity index (χ0n) is 11.3. The van der Waals surface area contributed by atoms with E-state index in [-0.39, 0.29) is 11.9 Å². The number of carbonyl (C=O) groups excluding carboxylic acids is 1. The minimum Gasteiger partial charge on any atom is -0.461 e. The van der Waals surface area contributed by atoms with E-state index >= 15 is 0 Å². The van der Waals surface area contributed by atoms with Gasteiger partial charge in [0.25, 0.3) is 5.91 Å². The zero-order valence-corrected chi connectivity index (χ0v) is 11.3. The van der Waals surface area contributed by atoms with Gasteiger partial charge in [-0.3, -0.25) is 4.79 Å². The molecule has 1 amide bonds. The van der Waals surface area contributed by atoms with Crippen molar-refractivity contribution in [2.45, 2.75) is 25.5 Å². The number of piperidine rings is 1. The molecule has 106 valence electrons. The van der Waals surface area contributed by atoms with Crippen LogP contribution in [0.5, 0.6) is 0 Å². The van der Waals surface area contributed by atoms with Gasteiger partial charge in [0.15, 0.2) is 0 Å². The predicted octanol–water partition coefficient (Wildman–Crippen LogP) is 1.19. The number of rotatable bonds is 2. The van der Waals surface area contributed by atoms with Crippen molar-refractivity contribution in [2.24, 2.45) is 0 Å². The second-order valence-corrected chi connectivity index (χ2v) is 5.22. The largest absolute Gasteiger partial charge is 0.461 e. The first-order valence-corrected chi connectivity index (χ1v) is 6.84. The van der Waals surface area contributed by atoms with E-state index in [9.17, 15) is 9.90 Å². The van der Waals surface area contributed by atoms with Gasteiger partial charge in [-0.1, -0.05) is 12.1 Å². The lowest BCUT2D eigenvalue weighted by Crippen LogP contribution is -2.53. The van der Waals surface area contributed by atoms with Crippen LogP contribution >= 0.6 is 0 Å². The average molecular weight is 274 g/mol. The van der Waals surface area contributed by atoms with Crippen LogP contribution in [0, 0.1) is 6.92 Å². The summed E-state index contributed by atoms with van der Waals surface area (Å²) in [6.45, 7) is 3.22. The number of aliphatic hydroxyl groups excluding tert-OH is 1. The molecule has 1 aliphatic heterocycles. The van der Waals surface area contributed by atoms with Gasteiger partial charge in [-0.15, -0.1) is 0 Å². The lowest BCUT2D eigenvalue weighted by molar-refractivity contribution is 0.0755. The summed E-state index contributed by atoms with van der Waals surface area (Å²) in [6, 6.07) is 7.14. The third-order valence-corrected chi connectivity index (χ3v) is 3.67. The fourth-order valence-electron chi connectivity index (χ4n) is 2.61. The summed E-state index contributed by atoms with van der Waals surface area (Å²) in [5.41, 5.74) is 1.11. The van der Waals surface area contributed by atoms with E-state index in [1.807, 2.05) is 25.1 Å². The van der Waals surface area contributed by atoms with Crippen LogP contribution in [-0.2, 0) is 0 Å². The number of hydrogen-bond acceptors (Lipinski definition) is 4. The number of aryl methyl sites for hydroxylation is 1. The van der Waals surface area contributed by atoms with Gasteiger partial charge in [0, 0.05) is 11.9 Å². The monoisotopic (exact) mass is 274 g/mol. The quantitative estimate of drug-likeness (QED) is 0.769. The van der Waals surface area contributed by atoms with Crippen LogP contribution in [0.25, 0.3) is 11.0 Å². The van der Waals surface area contributed by atoms with Crippen LogP contribution in [0.3, 0.4) is 0 Å². The molecule has 0 spiro atoms. The van der Waals surface area contributed by atoms with E-state index in [1.165, 1.54) is 0 Å². The van der Waals surface area contributed by atoms with E-state index in [0.717, 1.165) is 17.7 Å². The van der Waals surface area contributed by atoms with Gasteiger partial charge in [0.2, 0.25) is 0 Å². The number of carbonyl (C=O) groups is 1. The number of furan rings is 1. The van der Waals surface area contributed by atoms with Crippen LogP contribution in [0.4, 0.5) is 0 Å². The molecule has 0 aliphatic carbocycles. The summed E-state index contributed by atoms with van der Waals surface area (Å²) in [7, 11) is 0. The van der Waals surface area contributed by atoms with Crippen LogP contribution in [0.15, 0.2) is 28.7 Å². The first-order valence-electron chi connectivity index (χ1n) is 6.84. The van der Waals surface area contributed by atoms with E-state index in [2.05, 4.69) is 10.6 Å². The van der Waals surface area contributed by atoms with Crippen LogP contribution < -0.4 is 10.6 Å². The number of benzene rings is 1. The fraction of sp³-hybridized carbons (Fsp3) is 0.400. The lowest BCUT2D eigenvalue weighted by atomic mass is 10.0. The molecule has 2 heterocycles. The SMILES string of the molecule is Cc1cc2cccc(C(=O)N[C@H]3CNCC[C@H]3O)c2o1. The molecule has 1 aromatic carbocycles. The number of fused-ring (bicyclic) bond motifs is 1. The second kappa shape index (κ2) is 5.26. The summed E-state index contributed by atoms with van der Waals surface area (Å²) in [5.74, 6) is 0.567. The Morgan fingerprint density at radius 2 is 2.35 bits per heavy atom. The maximum absolute atomic E-state index is 12.4. The molecule has 0 saturated carbocycles. The van der Waals surface area contributed by atoms with Crippen molar-refractivity contribution < 1.29 is 14.3 Å². The minimum atomic E-state index is -0.502. The van der Waals surface area contributed by atoms with Crippen molar-refractivity contribution in [3.05, 3.63) is 35.6 Å². The molecular weight excluding hydrogens is 256 g/mol. The highest BCUT2D eigenvalue weighted by Gasteiger charge is 2.25. The van der Waals surface area contributed by atoms with E-state index in [0.29, 0.717) is 24.1 Å². The molecule has 1 saturated heterocycles.